The molecule has 2 unspecified atom stereocenters. The maximum atomic E-state index is 14.5. The van der Waals surface area contributed by atoms with Crippen molar-refractivity contribution in [3.63, 3.8) is 0 Å². The Balaban J connectivity index is 2.20. The smallest absolute Gasteiger partial charge is 0.351 e. The number of methoxy groups -OCH3 is 1. The van der Waals surface area contributed by atoms with Gasteiger partial charge in [-0.15, -0.1) is 0 Å². The maximum absolute atomic E-state index is 14.5. The maximum Gasteiger partial charge on any atom is 0.351 e. The fourth-order valence-corrected chi connectivity index (χ4v) is 2.92. The summed E-state index contributed by atoms with van der Waals surface area (Å²) in [4.78, 5) is 40.3. The van der Waals surface area contributed by atoms with Crippen LogP contribution >= 0.6 is 0 Å². The number of hydrogen-bond donors (Lipinski definition) is 3. The van der Waals surface area contributed by atoms with Gasteiger partial charge in [0.2, 0.25) is 5.72 Å². The molecule has 1 aliphatic heterocycles. The van der Waals surface area contributed by atoms with Gasteiger partial charge in [-0.1, -0.05) is 5.11 Å². The summed E-state index contributed by atoms with van der Waals surface area (Å²) in [5, 5.41) is 25.3. The van der Waals surface area contributed by atoms with E-state index < -0.39 is 48.5 Å². The number of nitrogens with zero attached hydrogens (tertiary/aromatic N) is 5. The topological polar surface area (TPSA) is 198 Å². The lowest BCUT2D eigenvalue weighted by atomic mass is 10.1. The summed E-state index contributed by atoms with van der Waals surface area (Å²) in [6, 6.07) is 0.695. The van der Waals surface area contributed by atoms with E-state index in [4.69, 9.17) is 10.3 Å². The minimum atomic E-state index is -2.29. The molecule has 31 heavy (non-hydrogen) atoms. The average Bonchev–Trinajstić information content (AvgIpc) is 3.01. The Morgan fingerprint density at radius 2 is 2.39 bits per heavy atom. The van der Waals surface area contributed by atoms with Crippen molar-refractivity contribution in [3.05, 3.63) is 33.2 Å². The van der Waals surface area contributed by atoms with Crippen LogP contribution in [0.5, 0.6) is 0 Å². The van der Waals surface area contributed by atoms with Crippen LogP contribution in [0.1, 0.15) is 19.1 Å². The molecule has 2 rings (SSSR count). The molecule has 0 bridgehead atoms. The predicted molar refractivity (Wildman–Crippen MR) is 99.2 cm³/mol. The van der Waals surface area contributed by atoms with Crippen LogP contribution in [0, 0.1) is 0 Å². The first-order valence-corrected chi connectivity index (χ1v) is 8.96. The highest BCUT2D eigenvalue weighted by molar-refractivity contribution is 5.69. The van der Waals surface area contributed by atoms with Crippen molar-refractivity contribution in [2.45, 2.75) is 43.1 Å². The van der Waals surface area contributed by atoms with Crippen molar-refractivity contribution in [1.29, 1.82) is 0 Å². The Kier molecular flexibility index (Phi) is 8.27. The molecule has 14 nitrogen and oxygen atoms in total. The molecule has 5 atom stereocenters. The van der Waals surface area contributed by atoms with E-state index in [1.54, 1.807) is 0 Å². The Hall–Kier alpha value is -3.26. The average molecular weight is 444 g/mol. The fraction of sp³-hybridized carbons (Fsp3) is 0.625. The quantitative estimate of drug-likeness (QED) is 0.130. The molecule has 0 saturated carbocycles. The number of nitrogens with one attached hydrogen (secondary N) is 1. The number of carbonyl (C=O) groups excluding carboxylic acids is 2. The van der Waals surface area contributed by atoms with E-state index in [1.165, 1.54) is 13.2 Å². The molecule has 1 aromatic rings. The van der Waals surface area contributed by atoms with Gasteiger partial charge in [-0.25, -0.2) is 9.18 Å². The van der Waals surface area contributed by atoms with Crippen molar-refractivity contribution in [1.82, 2.24) is 9.55 Å². The number of anilines is 1. The Labute approximate surface area is 174 Å². The molecule has 15 heteroatoms. The van der Waals surface area contributed by atoms with E-state index in [0.717, 1.165) is 10.8 Å². The lowest BCUT2D eigenvalue weighted by Crippen LogP contribution is -2.43. The van der Waals surface area contributed by atoms with E-state index >= 15 is 0 Å². The van der Waals surface area contributed by atoms with Crippen molar-refractivity contribution in [3.8, 4) is 0 Å². The minimum absolute atomic E-state index is 0.00738. The highest BCUT2D eigenvalue weighted by Gasteiger charge is 2.56. The van der Waals surface area contributed by atoms with E-state index in [2.05, 4.69) is 29.8 Å². The molecular weight excluding hydrogens is 423 g/mol. The zero-order valence-electron chi connectivity index (χ0n) is 16.3. The Morgan fingerprint density at radius 3 is 2.97 bits per heavy atom. The van der Waals surface area contributed by atoms with E-state index in [1.807, 2.05) is 0 Å². The summed E-state index contributed by atoms with van der Waals surface area (Å²) in [5.74, 6) is -0.456. The second-order valence-corrected chi connectivity index (χ2v) is 6.48. The van der Waals surface area contributed by atoms with E-state index in [0.29, 0.717) is 0 Å². The number of halogens is 1. The number of aliphatic hydroxyl groups is 2. The number of azide groups is 1. The van der Waals surface area contributed by atoms with Gasteiger partial charge in [0.1, 0.15) is 18.5 Å². The van der Waals surface area contributed by atoms with Crippen LogP contribution in [0.4, 0.5) is 10.2 Å². The third kappa shape index (κ3) is 5.46. The first-order chi connectivity index (χ1) is 14.8. The molecule has 3 N–H and O–H groups in total. The van der Waals surface area contributed by atoms with Gasteiger partial charge < -0.3 is 29.7 Å². The van der Waals surface area contributed by atoms with Crippen molar-refractivity contribution in [2.75, 3.05) is 25.6 Å². The second-order valence-electron chi connectivity index (χ2n) is 6.48. The van der Waals surface area contributed by atoms with Crippen molar-refractivity contribution in [2.24, 2.45) is 5.11 Å². The first-order valence-electron chi connectivity index (χ1n) is 8.96. The fourth-order valence-electron chi connectivity index (χ4n) is 2.92. The van der Waals surface area contributed by atoms with Gasteiger partial charge in [0.25, 0.3) is 6.47 Å². The van der Waals surface area contributed by atoms with Gasteiger partial charge in [0, 0.05) is 17.5 Å². The normalized spacial score (nSPS) is 25.9. The van der Waals surface area contributed by atoms with Gasteiger partial charge in [-0.3, -0.25) is 14.2 Å². The van der Waals surface area contributed by atoms with Crippen molar-refractivity contribution >= 4 is 18.3 Å². The predicted octanol–water partition coefficient (Wildman–Crippen LogP) is -0.623. The van der Waals surface area contributed by atoms with Gasteiger partial charge in [-0.05, 0) is 18.0 Å². The van der Waals surface area contributed by atoms with E-state index in [-0.39, 0.29) is 31.7 Å². The first kappa shape index (κ1) is 24.0. The Bertz CT molecular complexity index is 893. The summed E-state index contributed by atoms with van der Waals surface area (Å²) in [7, 11) is 1.22. The molecule has 1 aromatic heterocycles. The van der Waals surface area contributed by atoms with E-state index in [9.17, 15) is 29.0 Å². The van der Waals surface area contributed by atoms with Crippen LogP contribution in [0.15, 0.2) is 22.2 Å². The van der Waals surface area contributed by atoms with Gasteiger partial charge in [-0.2, -0.15) is 4.98 Å². The third-order valence-corrected chi connectivity index (χ3v) is 4.55. The van der Waals surface area contributed by atoms with Crippen LogP contribution in [-0.2, 0) is 23.8 Å². The zero-order chi connectivity index (χ0) is 23.0. The van der Waals surface area contributed by atoms with Crippen LogP contribution < -0.4 is 11.0 Å². The Morgan fingerprint density at radius 1 is 1.65 bits per heavy atom. The number of aliphatic hydroxyl groups excluding tert-OH is 2. The number of ether oxygens (including phenoxy) is 3. The monoisotopic (exact) mass is 444 g/mol. The SMILES string of the molecule is COC(=O)CC[C@@H](COC=O)Nc1ccn(C2O[C@@](CO)(N=[N+]=[N-])C(O)[C@@H]2F)c(=O)n1. The van der Waals surface area contributed by atoms with Gasteiger partial charge >= 0.3 is 11.7 Å². The van der Waals surface area contributed by atoms with Gasteiger partial charge in [0.15, 0.2) is 12.4 Å². The lowest BCUT2D eigenvalue weighted by Gasteiger charge is -2.23. The molecule has 1 saturated heterocycles. The third-order valence-electron chi connectivity index (χ3n) is 4.55. The summed E-state index contributed by atoms with van der Waals surface area (Å²) in [5.41, 5.74) is 5.32. The molecule has 0 aliphatic carbocycles. The highest BCUT2D eigenvalue weighted by atomic mass is 19.1. The lowest BCUT2D eigenvalue weighted by molar-refractivity contribution is -0.140. The van der Waals surface area contributed by atoms with Gasteiger partial charge in [0.05, 0.1) is 19.8 Å². The number of aromatic nitrogens is 2. The molecule has 0 amide bonds. The number of rotatable bonds is 11. The highest BCUT2D eigenvalue weighted by Crippen LogP contribution is 2.39. The molecule has 0 aromatic carbocycles. The standard InChI is InChI=1S/C16H21FN6O8/c1-29-11(26)3-2-9(6-30-8-25)19-10-4-5-23(15(28)20-10)14-12(17)13(27)16(7-24,31-14)21-22-18/h4-5,8-9,12-14,24,27H,2-3,6-7H2,1H3,(H,19,20,28)/t9-,12-,13?,14?,16+/m0/s1. The van der Waals surface area contributed by atoms with Crippen LogP contribution in [0.25, 0.3) is 10.4 Å². The largest absolute Gasteiger partial charge is 0.469 e. The van der Waals surface area contributed by atoms with Crippen LogP contribution in [-0.4, -0.2) is 76.6 Å². The number of esters is 1. The summed E-state index contributed by atoms with van der Waals surface area (Å²) >= 11 is 0. The second kappa shape index (κ2) is 10.7. The number of carbonyl (C=O) groups is 2. The van der Waals surface area contributed by atoms with Crippen molar-refractivity contribution < 1.29 is 38.4 Å². The molecule has 2 heterocycles. The molecule has 170 valence electrons. The molecule has 1 aliphatic rings. The molecular formula is C16H21FN6O8. The van der Waals surface area contributed by atoms with Crippen LogP contribution in [0.3, 0.4) is 0 Å². The van der Waals surface area contributed by atoms with Crippen LogP contribution in [0.2, 0.25) is 0 Å². The summed E-state index contributed by atoms with van der Waals surface area (Å²) in [6.45, 7) is -0.921. The zero-order valence-corrected chi connectivity index (χ0v) is 16.3. The summed E-state index contributed by atoms with van der Waals surface area (Å²) in [6.07, 6.45) is -4.62. The molecule has 0 spiro atoms. The number of hydrogen-bond acceptors (Lipinski definition) is 11. The summed E-state index contributed by atoms with van der Waals surface area (Å²) < 4.78 is 29.7. The molecule has 0 radical (unpaired) electrons. The number of alkyl halides is 1. The molecule has 1 fully saturated rings. The minimum Gasteiger partial charge on any atom is -0.469 e.